The molecule has 1 aromatic heterocycles. The molecule has 1 saturated heterocycles. The number of methoxy groups -OCH3 is 2. The molecule has 4 aliphatic rings. The molecule has 6 rings (SSSR count). The van der Waals surface area contributed by atoms with E-state index in [0.29, 0.717) is 29.9 Å². The van der Waals surface area contributed by atoms with E-state index in [-0.39, 0.29) is 25.4 Å². The smallest absolute Gasteiger partial charge is 0.315 e. The number of hydrogen-bond acceptors (Lipinski definition) is 10. The fraction of sp³-hybridized carbons (Fsp3) is 0.571. The van der Waals surface area contributed by atoms with Crippen molar-refractivity contribution in [3.63, 3.8) is 0 Å². The first-order chi connectivity index (χ1) is 24.4. The monoisotopic (exact) mass is 726 g/mol. The highest BCUT2D eigenvalue weighted by molar-refractivity contribution is 7.91. The average Bonchev–Trinajstić information content (AvgIpc) is 4.00. The second kappa shape index (κ2) is 14.7. The minimum Gasteiger partial charge on any atom is -0.497 e. The van der Waals surface area contributed by atoms with Gasteiger partial charge in [0.25, 0.3) is 5.91 Å². The first-order valence-electron chi connectivity index (χ1n) is 17.4. The van der Waals surface area contributed by atoms with Gasteiger partial charge >= 0.3 is 6.03 Å². The molecular weight excluding hydrogens is 680 g/mol. The molecule has 15 nitrogen and oxygen atoms in total. The fourth-order valence-corrected chi connectivity index (χ4v) is 8.40. The van der Waals surface area contributed by atoms with Crippen LogP contribution in [0.3, 0.4) is 0 Å². The van der Waals surface area contributed by atoms with Gasteiger partial charge in [0.1, 0.15) is 29.5 Å². The molecule has 0 radical (unpaired) electrons. The lowest BCUT2D eigenvalue weighted by atomic mass is 10.1. The van der Waals surface area contributed by atoms with E-state index in [4.69, 9.17) is 14.2 Å². The number of urea groups is 1. The van der Waals surface area contributed by atoms with E-state index in [2.05, 4.69) is 32.2 Å². The third-order valence-corrected chi connectivity index (χ3v) is 12.2. The van der Waals surface area contributed by atoms with Crippen LogP contribution in [0.25, 0.3) is 10.8 Å². The summed E-state index contributed by atoms with van der Waals surface area (Å²) in [5.74, 6) is -1.68. The number of ether oxygens (including phenoxy) is 3. The molecule has 2 aromatic rings. The Balaban J connectivity index is 1.26. The molecule has 1 aliphatic heterocycles. The lowest BCUT2D eigenvalue weighted by Crippen LogP contribution is -2.61. The topological polar surface area (TPSA) is 194 Å². The van der Waals surface area contributed by atoms with Crippen LogP contribution in [0.5, 0.6) is 11.6 Å². The van der Waals surface area contributed by atoms with Gasteiger partial charge < -0.3 is 35.1 Å². The van der Waals surface area contributed by atoms with Gasteiger partial charge in [-0.3, -0.25) is 19.1 Å². The Kier molecular flexibility index (Phi) is 10.4. The predicted octanol–water partition coefficient (Wildman–Crippen LogP) is 1.91. The first-order valence-corrected chi connectivity index (χ1v) is 18.9. The molecule has 1 aromatic carbocycles. The van der Waals surface area contributed by atoms with Crippen LogP contribution in [0, 0.1) is 5.92 Å². The zero-order valence-electron chi connectivity index (χ0n) is 29.1. The highest BCUT2D eigenvalue weighted by atomic mass is 32.2. The Morgan fingerprint density at radius 2 is 1.84 bits per heavy atom. The summed E-state index contributed by atoms with van der Waals surface area (Å²) in [5, 5.41) is 9.33. The molecule has 6 atom stereocenters. The van der Waals surface area contributed by atoms with Crippen molar-refractivity contribution in [2.24, 2.45) is 5.92 Å². The van der Waals surface area contributed by atoms with Crippen LogP contribution >= 0.6 is 0 Å². The minimum absolute atomic E-state index is 0.00253. The summed E-state index contributed by atoms with van der Waals surface area (Å²) in [6, 6.07) is 4.38. The summed E-state index contributed by atoms with van der Waals surface area (Å²) in [6.07, 6.45) is 6.37. The third kappa shape index (κ3) is 7.76. The molecule has 276 valence electrons. The summed E-state index contributed by atoms with van der Waals surface area (Å²) < 4.78 is 44.7. The van der Waals surface area contributed by atoms with E-state index >= 15 is 0 Å². The second-order valence-electron chi connectivity index (χ2n) is 13.9. The van der Waals surface area contributed by atoms with Crippen LogP contribution < -0.4 is 30.1 Å². The quantitative estimate of drug-likeness (QED) is 0.209. The maximum atomic E-state index is 14.4. The molecule has 0 bridgehead atoms. The molecule has 5 amide bonds. The summed E-state index contributed by atoms with van der Waals surface area (Å²) in [6.45, 7) is 5.35. The number of aromatic nitrogens is 1. The van der Waals surface area contributed by atoms with Crippen molar-refractivity contribution >= 4 is 44.5 Å². The van der Waals surface area contributed by atoms with Crippen molar-refractivity contribution in [3.8, 4) is 11.6 Å². The predicted molar refractivity (Wildman–Crippen MR) is 186 cm³/mol. The number of likely N-dealkylation sites (tertiary alicyclic amines) is 1. The zero-order valence-corrected chi connectivity index (χ0v) is 29.9. The Labute approximate surface area is 297 Å². The standard InChI is InChI=1S/C35H46N6O9S/c1-5-22-18-35(22,33(44)40-51(46,47)26-11-12-26)39-30(42)28-17-25(50-31-27-13-10-24(49-4)16-21(27)14-15-36-31)19-41(28)32(43)29(20(2)48-3)38-34(45)37-23-8-6-7-9-23/h5,10,13-16,20,22-23,25-26,28-29H,1,6-9,11-12,17-19H2,2-4H3,(H,39,42)(H,40,44)(H2,37,38,45)/t20-,22-,25+,28+,29-,35-/m0/s1. The van der Waals surface area contributed by atoms with Crippen LogP contribution in [-0.2, 0) is 29.1 Å². The van der Waals surface area contributed by atoms with E-state index in [9.17, 15) is 27.6 Å². The molecule has 4 fully saturated rings. The van der Waals surface area contributed by atoms with Crippen molar-refractivity contribution in [1.29, 1.82) is 0 Å². The Bertz CT molecular complexity index is 1800. The van der Waals surface area contributed by atoms with E-state index in [1.165, 1.54) is 18.1 Å². The molecule has 2 heterocycles. The second-order valence-corrected chi connectivity index (χ2v) is 15.8. The lowest BCUT2D eigenvalue weighted by molar-refractivity contribution is -0.143. The van der Waals surface area contributed by atoms with Crippen LogP contribution in [-0.4, -0.2) is 104 Å². The molecule has 4 N–H and O–H groups in total. The zero-order chi connectivity index (χ0) is 36.5. The molecular formula is C35H46N6O9S. The molecule has 0 spiro atoms. The van der Waals surface area contributed by atoms with E-state index in [1.54, 1.807) is 26.3 Å². The Morgan fingerprint density at radius 3 is 2.49 bits per heavy atom. The van der Waals surface area contributed by atoms with Crippen molar-refractivity contribution < 1.29 is 41.8 Å². The minimum atomic E-state index is -3.89. The SMILES string of the molecule is C=C[C@H]1C[C@@]1(NC(=O)[C@H]1C[C@@H](Oc2nccc3cc(OC)ccc23)CN1C(=O)[C@@H](NC(=O)NC1CCCC1)[C@H](C)OC)C(=O)NS(=O)(=O)C1CC1. The van der Waals surface area contributed by atoms with Crippen LogP contribution in [0.2, 0.25) is 0 Å². The van der Waals surface area contributed by atoms with Gasteiger partial charge in [-0.1, -0.05) is 18.9 Å². The number of nitrogens with one attached hydrogen (secondary N) is 4. The Hall–Kier alpha value is -4.44. The highest BCUT2D eigenvalue weighted by Crippen LogP contribution is 2.45. The number of pyridine rings is 1. The van der Waals surface area contributed by atoms with Gasteiger partial charge in [-0.2, -0.15) is 0 Å². The van der Waals surface area contributed by atoms with Gasteiger partial charge in [0, 0.05) is 37.1 Å². The fourth-order valence-electron chi connectivity index (χ4n) is 7.03. The number of carbonyl (C=O) groups is 4. The average molecular weight is 727 g/mol. The summed E-state index contributed by atoms with van der Waals surface area (Å²) in [4.78, 5) is 60.8. The van der Waals surface area contributed by atoms with Crippen LogP contribution in [0.4, 0.5) is 4.79 Å². The van der Waals surface area contributed by atoms with Crippen molar-refractivity contribution in [3.05, 3.63) is 43.1 Å². The summed E-state index contributed by atoms with van der Waals surface area (Å²) >= 11 is 0. The number of rotatable bonds is 14. The van der Waals surface area contributed by atoms with Crippen LogP contribution in [0.1, 0.15) is 58.3 Å². The van der Waals surface area contributed by atoms with Crippen LogP contribution in [0.15, 0.2) is 43.1 Å². The lowest BCUT2D eigenvalue weighted by Gasteiger charge is -2.32. The molecule has 0 unspecified atom stereocenters. The van der Waals surface area contributed by atoms with Gasteiger partial charge in [-0.05, 0) is 68.7 Å². The van der Waals surface area contributed by atoms with Gasteiger partial charge in [-0.15, -0.1) is 6.58 Å². The number of benzene rings is 1. The largest absolute Gasteiger partial charge is 0.497 e. The Morgan fingerprint density at radius 1 is 1.10 bits per heavy atom. The number of nitrogens with zero attached hydrogens (tertiary/aromatic N) is 2. The number of carbonyl (C=O) groups excluding carboxylic acids is 4. The molecule has 16 heteroatoms. The first kappa shape index (κ1) is 36.4. The normalized spacial score (nSPS) is 25.8. The van der Waals surface area contributed by atoms with Gasteiger partial charge in [-0.25, -0.2) is 18.2 Å². The van der Waals surface area contributed by atoms with Gasteiger partial charge in [0.2, 0.25) is 27.7 Å². The van der Waals surface area contributed by atoms with Crippen molar-refractivity contribution in [2.45, 2.75) is 99.4 Å². The van der Waals surface area contributed by atoms with Gasteiger partial charge in [0.15, 0.2) is 0 Å². The third-order valence-electron chi connectivity index (χ3n) is 10.4. The van der Waals surface area contributed by atoms with Crippen molar-refractivity contribution in [2.75, 3.05) is 20.8 Å². The molecule has 3 aliphatic carbocycles. The number of amides is 5. The summed E-state index contributed by atoms with van der Waals surface area (Å²) in [5.41, 5.74) is -1.55. The van der Waals surface area contributed by atoms with Crippen molar-refractivity contribution in [1.82, 2.24) is 30.6 Å². The van der Waals surface area contributed by atoms with E-state index in [0.717, 1.165) is 31.1 Å². The van der Waals surface area contributed by atoms with E-state index < -0.39 is 74.8 Å². The maximum absolute atomic E-state index is 14.4. The highest BCUT2D eigenvalue weighted by Gasteiger charge is 2.62. The molecule has 51 heavy (non-hydrogen) atoms. The number of hydrogen-bond donors (Lipinski definition) is 4. The van der Waals surface area contributed by atoms with E-state index in [1.807, 2.05) is 18.2 Å². The molecule has 3 saturated carbocycles. The van der Waals surface area contributed by atoms with Gasteiger partial charge in [0.05, 0.1) is 25.0 Å². The maximum Gasteiger partial charge on any atom is 0.315 e. The number of fused-ring (bicyclic) bond motifs is 1. The summed E-state index contributed by atoms with van der Waals surface area (Å²) in [7, 11) is -0.907. The number of sulfonamides is 1.